The lowest BCUT2D eigenvalue weighted by atomic mass is 10.1. The molecule has 0 unspecified atom stereocenters. The van der Waals surface area contributed by atoms with Gasteiger partial charge in [0.1, 0.15) is 5.82 Å². The lowest BCUT2D eigenvalue weighted by molar-refractivity contribution is 0.181. The molecule has 1 N–H and O–H groups in total. The van der Waals surface area contributed by atoms with E-state index in [0.717, 1.165) is 68.3 Å². The lowest BCUT2D eigenvalue weighted by Gasteiger charge is -2.23. The number of aromatic nitrogens is 4. The van der Waals surface area contributed by atoms with E-state index in [4.69, 9.17) is 4.52 Å². The molecule has 8 heteroatoms. The van der Waals surface area contributed by atoms with Crippen LogP contribution in [0.4, 0.5) is 4.79 Å². The Morgan fingerprint density at radius 1 is 1.28 bits per heavy atom. The Balaban J connectivity index is 1.41. The molecule has 2 amide bonds. The highest BCUT2D eigenvalue weighted by molar-refractivity contribution is 5.74. The van der Waals surface area contributed by atoms with Crippen LogP contribution >= 0.6 is 0 Å². The molecule has 1 fully saturated rings. The first-order valence-electron chi connectivity index (χ1n) is 9.11. The first-order chi connectivity index (χ1) is 12.2. The van der Waals surface area contributed by atoms with Gasteiger partial charge in [-0.3, -0.25) is 0 Å². The second-order valence-corrected chi connectivity index (χ2v) is 6.88. The first kappa shape index (κ1) is 16.1. The fourth-order valence-corrected chi connectivity index (χ4v) is 3.78. The molecule has 1 saturated heterocycles. The molecule has 0 radical (unpaired) electrons. The Morgan fingerprint density at radius 2 is 2.20 bits per heavy atom. The summed E-state index contributed by atoms with van der Waals surface area (Å²) in [4.78, 5) is 14.5. The maximum atomic E-state index is 12.7. The van der Waals surface area contributed by atoms with E-state index in [1.165, 1.54) is 6.42 Å². The Labute approximate surface area is 146 Å². The maximum Gasteiger partial charge on any atom is 0.318 e. The summed E-state index contributed by atoms with van der Waals surface area (Å²) >= 11 is 0. The van der Waals surface area contributed by atoms with Crippen molar-refractivity contribution in [2.24, 2.45) is 0 Å². The Hall–Kier alpha value is -2.38. The number of carbonyl (C=O) groups excluding carboxylic acids is 1. The van der Waals surface area contributed by atoms with Crippen LogP contribution in [0.1, 0.15) is 61.2 Å². The molecule has 1 atom stereocenters. The van der Waals surface area contributed by atoms with Gasteiger partial charge in [0.05, 0.1) is 18.3 Å². The van der Waals surface area contributed by atoms with Crippen molar-refractivity contribution in [3.05, 3.63) is 29.2 Å². The van der Waals surface area contributed by atoms with Crippen molar-refractivity contribution >= 4 is 6.03 Å². The van der Waals surface area contributed by atoms with Gasteiger partial charge in [0.25, 0.3) is 0 Å². The number of rotatable bonds is 3. The Kier molecular flexibility index (Phi) is 4.42. The van der Waals surface area contributed by atoms with Crippen LogP contribution in [0.25, 0.3) is 0 Å². The van der Waals surface area contributed by atoms with Crippen LogP contribution in [0.15, 0.2) is 10.6 Å². The first-order valence-corrected chi connectivity index (χ1v) is 9.11. The van der Waals surface area contributed by atoms with E-state index in [-0.39, 0.29) is 12.1 Å². The minimum Gasteiger partial charge on any atom is -0.359 e. The van der Waals surface area contributed by atoms with E-state index in [2.05, 4.69) is 25.2 Å². The zero-order chi connectivity index (χ0) is 17.2. The van der Waals surface area contributed by atoms with E-state index in [9.17, 15) is 4.79 Å². The predicted octanol–water partition coefficient (Wildman–Crippen LogP) is 2.35. The monoisotopic (exact) mass is 344 g/mol. The van der Waals surface area contributed by atoms with Crippen LogP contribution in [-0.2, 0) is 19.5 Å². The van der Waals surface area contributed by atoms with Gasteiger partial charge in [0, 0.05) is 25.6 Å². The zero-order valence-electron chi connectivity index (χ0n) is 14.6. The molecule has 0 aliphatic carbocycles. The zero-order valence-corrected chi connectivity index (χ0v) is 14.6. The van der Waals surface area contributed by atoms with Gasteiger partial charge in [0.15, 0.2) is 11.6 Å². The molecule has 2 aromatic heterocycles. The molecule has 8 nitrogen and oxygen atoms in total. The molecule has 4 heterocycles. The molecule has 2 aliphatic heterocycles. The Morgan fingerprint density at radius 3 is 3.04 bits per heavy atom. The number of carbonyl (C=O) groups is 1. The number of amides is 2. The van der Waals surface area contributed by atoms with Gasteiger partial charge in [-0.2, -0.15) is 0 Å². The molecular formula is C17H24N6O2. The third kappa shape index (κ3) is 3.25. The van der Waals surface area contributed by atoms with E-state index < -0.39 is 0 Å². The van der Waals surface area contributed by atoms with Crippen LogP contribution in [0.2, 0.25) is 0 Å². The van der Waals surface area contributed by atoms with Gasteiger partial charge in [-0.15, -0.1) is 10.2 Å². The number of nitrogens with zero attached hydrogens (tertiary/aromatic N) is 5. The highest BCUT2D eigenvalue weighted by Gasteiger charge is 2.32. The van der Waals surface area contributed by atoms with Crippen LogP contribution in [-0.4, -0.2) is 37.4 Å². The summed E-state index contributed by atoms with van der Waals surface area (Å²) in [6.07, 6.45) is 6.38. The minimum atomic E-state index is -0.0810. The van der Waals surface area contributed by atoms with Crippen molar-refractivity contribution < 1.29 is 9.32 Å². The highest BCUT2D eigenvalue weighted by Crippen LogP contribution is 2.32. The SMILES string of the molecule is Cc1cc([C@@H]2CCCN2C(=O)NCc2nnc3n2CCCCC3)on1. The average molecular weight is 344 g/mol. The van der Waals surface area contributed by atoms with Crippen molar-refractivity contribution in [3.8, 4) is 0 Å². The molecule has 2 aromatic rings. The topological polar surface area (TPSA) is 89.1 Å². The minimum absolute atomic E-state index is 0.0308. The van der Waals surface area contributed by atoms with Crippen LogP contribution in [0.5, 0.6) is 0 Å². The van der Waals surface area contributed by atoms with Gasteiger partial charge in [-0.25, -0.2) is 4.79 Å². The molecule has 25 heavy (non-hydrogen) atoms. The van der Waals surface area contributed by atoms with Gasteiger partial charge in [-0.1, -0.05) is 11.6 Å². The van der Waals surface area contributed by atoms with E-state index in [1.807, 2.05) is 17.9 Å². The molecule has 4 rings (SSSR count). The largest absolute Gasteiger partial charge is 0.359 e. The summed E-state index contributed by atoms with van der Waals surface area (Å²) < 4.78 is 7.53. The number of urea groups is 1. The van der Waals surface area contributed by atoms with Gasteiger partial charge >= 0.3 is 6.03 Å². The highest BCUT2D eigenvalue weighted by atomic mass is 16.5. The van der Waals surface area contributed by atoms with Crippen LogP contribution in [0.3, 0.4) is 0 Å². The number of hydrogen-bond donors (Lipinski definition) is 1. The molecule has 0 aromatic carbocycles. The van der Waals surface area contributed by atoms with Gasteiger partial charge in [-0.05, 0) is 32.6 Å². The third-order valence-electron chi connectivity index (χ3n) is 5.07. The summed E-state index contributed by atoms with van der Waals surface area (Å²) in [6, 6.07) is 1.80. The molecule has 134 valence electrons. The van der Waals surface area contributed by atoms with Crippen LogP contribution < -0.4 is 5.32 Å². The van der Waals surface area contributed by atoms with Crippen molar-refractivity contribution in [2.45, 2.75) is 64.6 Å². The number of aryl methyl sites for hydroxylation is 2. The van der Waals surface area contributed by atoms with Gasteiger partial charge < -0.3 is 19.3 Å². The maximum absolute atomic E-state index is 12.7. The number of likely N-dealkylation sites (tertiary alicyclic amines) is 1. The van der Waals surface area contributed by atoms with E-state index in [1.54, 1.807) is 0 Å². The summed E-state index contributed by atoms with van der Waals surface area (Å²) in [6.45, 7) is 3.97. The quantitative estimate of drug-likeness (QED) is 0.923. The predicted molar refractivity (Wildman–Crippen MR) is 89.7 cm³/mol. The summed E-state index contributed by atoms with van der Waals surface area (Å²) in [5.41, 5.74) is 0.841. The number of nitrogens with one attached hydrogen (secondary N) is 1. The molecule has 0 bridgehead atoms. The normalized spacial score (nSPS) is 20.4. The summed E-state index contributed by atoms with van der Waals surface area (Å²) in [7, 11) is 0. The molecule has 0 spiro atoms. The number of hydrogen-bond acceptors (Lipinski definition) is 5. The smallest absolute Gasteiger partial charge is 0.318 e. The number of fused-ring (bicyclic) bond motifs is 1. The van der Waals surface area contributed by atoms with E-state index >= 15 is 0 Å². The standard InChI is InChI=1S/C17H24N6O2/c1-12-10-14(25-21-12)13-6-5-9-22(13)17(24)18-11-16-20-19-15-7-3-2-4-8-23(15)16/h10,13H,2-9,11H2,1H3,(H,18,24)/t13-/m0/s1. The third-order valence-corrected chi connectivity index (χ3v) is 5.07. The second-order valence-electron chi connectivity index (χ2n) is 6.88. The molecule has 0 saturated carbocycles. The average Bonchev–Trinajstić information content (AvgIpc) is 3.30. The van der Waals surface area contributed by atoms with Crippen LogP contribution in [0, 0.1) is 6.92 Å². The molecule has 2 aliphatic rings. The van der Waals surface area contributed by atoms with E-state index in [0.29, 0.717) is 6.54 Å². The summed E-state index contributed by atoms with van der Waals surface area (Å²) in [5, 5.41) is 15.5. The van der Waals surface area contributed by atoms with Crippen molar-refractivity contribution in [1.29, 1.82) is 0 Å². The fraction of sp³-hybridized carbons (Fsp3) is 0.647. The van der Waals surface area contributed by atoms with Crippen molar-refractivity contribution in [2.75, 3.05) is 6.54 Å². The molecular weight excluding hydrogens is 320 g/mol. The van der Waals surface area contributed by atoms with Crippen molar-refractivity contribution in [1.82, 2.24) is 30.1 Å². The van der Waals surface area contributed by atoms with Gasteiger partial charge in [0.2, 0.25) is 0 Å². The summed E-state index contributed by atoms with van der Waals surface area (Å²) in [5.74, 6) is 2.65. The fourth-order valence-electron chi connectivity index (χ4n) is 3.78. The lowest BCUT2D eigenvalue weighted by Crippen LogP contribution is -2.39. The Bertz CT molecular complexity index is 752. The second kappa shape index (κ2) is 6.85. The van der Waals surface area contributed by atoms with Crippen molar-refractivity contribution in [3.63, 3.8) is 0 Å².